The number of hydrogen-bond acceptors (Lipinski definition) is 3. The minimum absolute atomic E-state index is 0.286. The molecule has 2 aromatic carbocycles. The number of para-hydroxylation sites is 2. The van der Waals surface area contributed by atoms with Crippen LogP contribution in [-0.2, 0) is 26.2 Å². The predicted molar refractivity (Wildman–Crippen MR) is 92.9 cm³/mol. The highest BCUT2D eigenvalue weighted by Crippen LogP contribution is 2.17. The van der Waals surface area contributed by atoms with Crippen LogP contribution in [0.3, 0.4) is 0 Å². The van der Waals surface area contributed by atoms with E-state index in [0.29, 0.717) is 18.7 Å². The Balaban J connectivity index is 1.72. The Bertz CT molecular complexity index is 829. The topological polar surface area (TPSA) is 50.1 Å². The van der Waals surface area contributed by atoms with Crippen LogP contribution >= 0.6 is 0 Å². The summed E-state index contributed by atoms with van der Waals surface area (Å²) in [5.74, 6) is 0.633. The molecule has 0 radical (unpaired) electrons. The molecule has 4 nitrogen and oxygen atoms in total. The molecule has 126 valence electrons. The monoisotopic (exact) mass is 327 g/mol. The van der Waals surface area contributed by atoms with Gasteiger partial charge in [-0.25, -0.2) is 9.37 Å². The van der Waals surface area contributed by atoms with Gasteiger partial charge in [0.05, 0.1) is 24.2 Å². The van der Waals surface area contributed by atoms with Crippen molar-refractivity contribution in [3.8, 4) is 0 Å². The van der Waals surface area contributed by atoms with Gasteiger partial charge in [0.1, 0.15) is 11.6 Å². The SMILES string of the molecule is CCCn1c(CNCc2ccc(F)c(CO)c2)nc2ccccc21. The molecular weight excluding hydrogens is 305 g/mol. The molecule has 0 fully saturated rings. The van der Waals surface area contributed by atoms with Crippen LogP contribution in [0.1, 0.15) is 30.3 Å². The molecule has 0 unspecified atom stereocenters. The summed E-state index contributed by atoms with van der Waals surface area (Å²) in [6, 6.07) is 13.0. The van der Waals surface area contributed by atoms with Gasteiger partial charge in [0, 0.05) is 18.7 Å². The summed E-state index contributed by atoms with van der Waals surface area (Å²) in [5, 5.41) is 12.5. The molecule has 0 saturated carbocycles. The Hall–Kier alpha value is -2.24. The number of aromatic nitrogens is 2. The first kappa shape index (κ1) is 16.6. The third kappa shape index (κ3) is 3.47. The Morgan fingerprint density at radius 3 is 2.79 bits per heavy atom. The number of halogens is 1. The van der Waals surface area contributed by atoms with Crippen LogP contribution < -0.4 is 5.32 Å². The van der Waals surface area contributed by atoms with Gasteiger partial charge < -0.3 is 15.0 Å². The Morgan fingerprint density at radius 2 is 2.00 bits per heavy atom. The van der Waals surface area contributed by atoms with E-state index in [1.165, 1.54) is 6.07 Å². The molecule has 1 aromatic heterocycles. The van der Waals surface area contributed by atoms with Crippen molar-refractivity contribution in [2.45, 2.75) is 39.6 Å². The van der Waals surface area contributed by atoms with Crippen molar-refractivity contribution in [3.05, 3.63) is 65.2 Å². The van der Waals surface area contributed by atoms with Crippen molar-refractivity contribution >= 4 is 11.0 Å². The highest BCUT2D eigenvalue weighted by Gasteiger charge is 2.09. The van der Waals surface area contributed by atoms with Crippen LogP contribution in [0.15, 0.2) is 42.5 Å². The number of aliphatic hydroxyl groups is 1. The number of fused-ring (bicyclic) bond motifs is 1. The first-order valence-corrected chi connectivity index (χ1v) is 8.26. The van der Waals surface area contributed by atoms with Crippen LogP contribution in [0, 0.1) is 5.82 Å². The predicted octanol–water partition coefficient (Wildman–Crippen LogP) is 3.37. The van der Waals surface area contributed by atoms with Gasteiger partial charge in [-0.1, -0.05) is 25.1 Å². The standard InChI is InChI=1S/C19H22FN3O/c1-2-9-23-18-6-4-3-5-17(18)22-19(23)12-21-11-14-7-8-16(20)15(10-14)13-24/h3-8,10,21,24H,2,9,11-13H2,1H3. The van der Waals surface area contributed by atoms with Gasteiger partial charge in [0.15, 0.2) is 0 Å². The van der Waals surface area contributed by atoms with Gasteiger partial charge in [0.2, 0.25) is 0 Å². The second-order valence-corrected chi connectivity index (χ2v) is 5.86. The zero-order chi connectivity index (χ0) is 16.9. The Morgan fingerprint density at radius 1 is 1.17 bits per heavy atom. The quantitative estimate of drug-likeness (QED) is 0.699. The minimum Gasteiger partial charge on any atom is -0.392 e. The van der Waals surface area contributed by atoms with E-state index in [-0.39, 0.29) is 12.4 Å². The average Bonchev–Trinajstić information content (AvgIpc) is 2.95. The maximum Gasteiger partial charge on any atom is 0.128 e. The maximum atomic E-state index is 13.4. The van der Waals surface area contributed by atoms with Crippen molar-refractivity contribution in [3.63, 3.8) is 0 Å². The lowest BCUT2D eigenvalue weighted by Crippen LogP contribution is -2.17. The van der Waals surface area contributed by atoms with E-state index in [4.69, 9.17) is 10.1 Å². The minimum atomic E-state index is -0.369. The number of aryl methyl sites for hydroxylation is 1. The summed E-state index contributed by atoms with van der Waals surface area (Å²) in [6.45, 7) is 4.04. The fourth-order valence-corrected chi connectivity index (χ4v) is 2.91. The van der Waals surface area contributed by atoms with Crippen molar-refractivity contribution in [1.29, 1.82) is 0 Å². The van der Waals surface area contributed by atoms with E-state index in [2.05, 4.69) is 22.9 Å². The summed E-state index contributed by atoms with van der Waals surface area (Å²) < 4.78 is 15.7. The fourth-order valence-electron chi connectivity index (χ4n) is 2.91. The van der Waals surface area contributed by atoms with Crippen molar-refractivity contribution in [2.24, 2.45) is 0 Å². The number of benzene rings is 2. The summed E-state index contributed by atoms with van der Waals surface area (Å²) in [4.78, 5) is 4.71. The van der Waals surface area contributed by atoms with Gasteiger partial charge in [-0.05, 0) is 36.2 Å². The van der Waals surface area contributed by atoms with E-state index in [0.717, 1.165) is 35.4 Å². The van der Waals surface area contributed by atoms with E-state index in [9.17, 15) is 4.39 Å². The summed E-state index contributed by atoms with van der Waals surface area (Å²) >= 11 is 0. The highest BCUT2D eigenvalue weighted by molar-refractivity contribution is 5.75. The van der Waals surface area contributed by atoms with E-state index >= 15 is 0 Å². The van der Waals surface area contributed by atoms with Crippen LogP contribution in [0.5, 0.6) is 0 Å². The van der Waals surface area contributed by atoms with Gasteiger partial charge in [-0.3, -0.25) is 0 Å². The van der Waals surface area contributed by atoms with Crippen molar-refractivity contribution < 1.29 is 9.50 Å². The van der Waals surface area contributed by atoms with Crippen molar-refractivity contribution in [1.82, 2.24) is 14.9 Å². The molecular formula is C19H22FN3O. The summed E-state index contributed by atoms with van der Waals surface area (Å²) in [6.07, 6.45) is 1.05. The molecule has 0 aliphatic carbocycles. The number of aliphatic hydroxyl groups excluding tert-OH is 1. The molecule has 0 saturated heterocycles. The number of nitrogens with zero attached hydrogens (tertiary/aromatic N) is 2. The second kappa shape index (κ2) is 7.55. The zero-order valence-corrected chi connectivity index (χ0v) is 13.8. The van der Waals surface area contributed by atoms with Crippen LogP contribution in [-0.4, -0.2) is 14.7 Å². The molecule has 0 aliphatic heterocycles. The summed E-state index contributed by atoms with van der Waals surface area (Å²) in [7, 11) is 0. The lowest BCUT2D eigenvalue weighted by molar-refractivity contribution is 0.275. The van der Waals surface area contributed by atoms with Gasteiger partial charge >= 0.3 is 0 Å². The lowest BCUT2D eigenvalue weighted by atomic mass is 10.1. The van der Waals surface area contributed by atoms with Gasteiger partial charge in [-0.15, -0.1) is 0 Å². The first-order valence-electron chi connectivity index (χ1n) is 8.26. The van der Waals surface area contributed by atoms with Crippen LogP contribution in [0.4, 0.5) is 4.39 Å². The highest BCUT2D eigenvalue weighted by atomic mass is 19.1. The molecule has 5 heteroatoms. The van der Waals surface area contributed by atoms with Crippen molar-refractivity contribution in [2.75, 3.05) is 0 Å². The molecule has 0 atom stereocenters. The third-order valence-corrected chi connectivity index (χ3v) is 4.07. The number of nitrogens with one attached hydrogen (secondary N) is 1. The fraction of sp³-hybridized carbons (Fsp3) is 0.316. The van der Waals surface area contributed by atoms with E-state index in [1.807, 2.05) is 18.2 Å². The zero-order valence-electron chi connectivity index (χ0n) is 13.8. The van der Waals surface area contributed by atoms with E-state index in [1.54, 1.807) is 12.1 Å². The molecule has 3 aromatic rings. The lowest BCUT2D eigenvalue weighted by Gasteiger charge is -2.10. The molecule has 24 heavy (non-hydrogen) atoms. The molecule has 1 heterocycles. The molecule has 0 spiro atoms. The van der Waals surface area contributed by atoms with Crippen LogP contribution in [0.25, 0.3) is 11.0 Å². The van der Waals surface area contributed by atoms with Crippen LogP contribution in [0.2, 0.25) is 0 Å². The number of hydrogen-bond donors (Lipinski definition) is 2. The molecule has 0 aliphatic rings. The van der Waals surface area contributed by atoms with Gasteiger partial charge in [-0.2, -0.15) is 0 Å². The Labute approximate surface area is 141 Å². The Kier molecular flexibility index (Phi) is 5.23. The van der Waals surface area contributed by atoms with Gasteiger partial charge in [0.25, 0.3) is 0 Å². The third-order valence-electron chi connectivity index (χ3n) is 4.07. The average molecular weight is 327 g/mol. The number of rotatable bonds is 7. The molecule has 2 N–H and O–H groups in total. The smallest absolute Gasteiger partial charge is 0.128 e. The van der Waals surface area contributed by atoms with E-state index < -0.39 is 0 Å². The number of imidazole rings is 1. The second-order valence-electron chi connectivity index (χ2n) is 5.86. The molecule has 0 bridgehead atoms. The largest absolute Gasteiger partial charge is 0.392 e. The maximum absolute atomic E-state index is 13.4. The first-order chi connectivity index (χ1) is 11.7. The molecule has 3 rings (SSSR count). The summed E-state index contributed by atoms with van der Waals surface area (Å²) in [5.41, 5.74) is 3.43. The molecule has 0 amide bonds. The normalized spacial score (nSPS) is 11.3.